The van der Waals surface area contributed by atoms with Crippen molar-refractivity contribution in [2.45, 2.75) is 44.8 Å². The van der Waals surface area contributed by atoms with Crippen molar-refractivity contribution in [2.24, 2.45) is 0 Å². The lowest BCUT2D eigenvalue weighted by atomic mass is 9.85. The van der Waals surface area contributed by atoms with Crippen LogP contribution in [0.3, 0.4) is 0 Å². The number of rotatable bonds is 5. The highest BCUT2D eigenvalue weighted by atomic mass is 19.4. The first-order valence-corrected chi connectivity index (χ1v) is 11.0. The Hall–Kier alpha value is -3.69. The van der Waals surface area contributed by atoms with Crippen LogP contribution in [0.15, 0.2) is 49.1 Å². The van der Waals surface area contributed by atoms with Crippen molar-refractivity contribution in [3.8, 4) is 28.4 Å². The fourth-order valence-corrected chi connectivity index (χ4v) is 4.46. The van der Waals surface area contributed by atoms with Crippen molar-refractivity contribution >= 4 is 0 Å². The molecule has 0 saturated heterocycles. The molecule has 10 heteroatoms. The van der Waals surface area contributed by atoms with Gasteiger partial charge in [-0.25, -0.2) is 4.98 Å². The summed E-state index contributed by atoms with van der Waals surface area (Å²) in [6, 6.07) is 9.21. The average Bonchev–Trinajstić information content (AvgIpc) is 3.49. The normalized spacial score (nSPS) is 15.9. The van der Waals surface area contributed by atoms with Crippen molar-refractivity contribution in [3.05, 3.63) is 65.9 Å². The zero-order valence-electron chi connectivity index (χ0n) is 18.7. The minimum Gasteiger partial charge on any atom is -0.493 e. The second-order valence-electron chi connectivity index (χ2n) is 8.67. The Morgan fingerprint density at radius 2 is 2.03 bits per heavy atom. The van der Waals surface area contributed by atoms with Gasteiger partial charge in [-0.2, -0.15) is 13.2 Å². The molecule has 1 aliphatic rings. The van der Waals surface area contributed by atoms with E-state index in [1.54, 1.807) is 12.4 Å². The molecule has 5 rings (SSSR count). The lowest BCUT2D eigenvalue weighted by molar-refractivity contribution is -0.140. The first kappa shape index (κ1) is 22.1. The number of ether oxygens (including phenoxy) is 1. The van der Waals surface area contributed by atoms with Crippen molar-refractivity contribution in [1.82, 2.24) is 29.9 Å². The molecular formula is C24H23F3N6O. The Kier molecular flexibility index (Phi) is 5.59. The fraction of sp³-hybridized carbons (Fsp3) is 0.333. The fourth-order valence-electron chi connectivity index (χ4n) is 4.46. The molecule has 0 bridgehead atoms. The zero-order valence-corrected chi connectivity index (χ0v) is 18.7. The molecule has 0 radical (unpaired) electrons. The first-order chi connectivity index (χ1) is 16.3. The van der Waals surface area contributed by atoms with Gasteiger partial charge in [0, 0.05) is 36.0 Å². The predicted molar refractivity (Wildman–Crippen MR) is 119 cm³/mol. The second-order valence-corrected chi connectivity index (χ2v) is 8.67. The molecule has 0 saturated carbocycles. The smallest absolute Gasteiger partial charge is 0.435 e. The van der Waals surface area contributed by atoms with Crippen molar-refractivity contribution in [3.63, 3.8) is 0 Å². The summed E-state index contributed by atoms with van der Waals surface area (Å²) in [4.78, 5) is 8.77. The van der Waals surface area contributed by atoms with Gasteiger partial charge in [0.2, 0.25) is 0 Å². The van der Waals surface area contributed by atoms with E-state index < -0.39 is 11.9 Å². The molecule has 0 aliphatic carbocycles. The van der Waals surface area contributed by atoms with Crippen LogP contribution in [0.1, 0.15) is 48.9 Å². The van der Waals surface area contributed by atoms with Gasteiger partial charge in [0.25, 0.3) is 0 Å². The molecule has 1 aromatic carbocycles. The minimum atomic E-state index is -4.58. The highest BCUT2D eigenvalue weighted by Crippen LogP contribution is 2.40. The van der Waals surface area contributed by atoms with E-state index in [9.17, 15) is 13.2 Å². The summed E-state index contributed by atoms with van der Waals surface area (Å²) in [5, 5.41) is 8.89. The molecule has 34 heavy (non-hydrogen) atoms. The largest absolute Gasteiger partial charge is 0.493 e. The van der Waals surface area contributed by atoms with Gasteiger partial charge in [-0.3, -0.25) is 10.1 Å². The van der Waals surface area contributed by atoms with Crippen LogP contribution in [0.2, 0.25) is 0 Å². The number of alkyl halides is 3. The molecule has 1 atom stereocenters. The molecule has 0 fully saturated rings. The van der Waals surface area contributed by atoms with E-state index in [1.807, 2.05) is 28.0 Å². The Bertz CT molecular complexity index is 1310. The van der Waals surface area contributed by atoms with Crippen LogP contribution in [0.25, 0.3) is 22.6 Å². The highest BCUT2D eigenvalue weighted by molar-refractivity contribution is 5.67. The first-order valence-electron chi connectivity index (χ1n) is 11.0. The predicted octanol–water partition coefficient (Wildman–Crippen LogP) is 5.44. The zero-order chi connectivity index (χ0) is 23.9. The number of fused-ring (bicyclic) bond motifs is 1. The number of aromatic nitrogens is 6. The molecule has 0 unspecified atom stereocenters. The van der Waals surface area contributed by atoms with E-state index >= 15 is 0 Å². The third-order valence-corrected chi connectivity index (χ3v) is 6.05. The van der Waals surface area contributed by atoms with Crippen LogP contribution in [-0.2, 0) is 12.7 Å². The molecular weight excluding hydrogens is 445 g/mol. The van der Waals surface area contributed by atoms with E-state index in [-0.39, 0.29) is 17.2 Å². The van der Waals surface area contributed by atoms with Crippen molar-refractivity contribution < 1.29 is 17.9 Å². The second kappa shape index (κ2) is 8.58. The maximum atomic E-state index is 13.2. The number of imidazole rings is 1. The number of nitrogens with one attached hydrogen (secondary N) is 1. The van der Waals surface area contributed by atoms with Crippen molar-refractivity contribution in [1.29, 1.82) is 0 Å². The molecule has 7 nitrogen and oxygen atoms in total. The minimum absolute atomic E-state index is 0.264. The van der Waals surface area contributed by atoms with E-state index in [0.29, 0.717) is 30.5 Å². The molecule has 1 aliphatic heterocycles. The van der Waals surface area contributed by atoms with E-state index in [4.69, 9.17) is 4.74 Å². The van der Waals surface area contributed by atoms with Crippen LogP contribution in [-0.4, -0.2) is 36.6 Å². The van der Waals surface area contributed by atoms with Crippen LogP contribution in [0, 0.1) is 0 Å². The summed E-state index contributed by atoms with van der Waals surface area (Å²) in [6.07, 6.45) is 1.35. The Balaban J connectivity index is 1.42. The van der Waals surface area contributed by atoms with Crippen LogP contribution in [0.5, 0.6) is 5.75 Å². The van der Waals surface area contributed by atoms with E-state index in [0.717, 1.165) is 12.2 Å². The number of hydrogen-bond acceptors (Lipinski definition) is 5. The van der Waals surface area contributed by atoms with Gasteiger partial charge in [0.1, 0.15) is 17.1 Å². The summed E-state index contributed by atoms with van der Waals surface area (Å²) in [6.45, 7) is 5.72. The number of pyridine rings is 1. The van der Waals surface area contributed by atoms with Gasteiger partial charge in [0.15, 0.2) is 5.69 Å². The van der Waals surface area contributed by atoms with Gasteiger partial charge >= 0.3 is 6.18 Å². The average molecular weight is 468 g/mol. The van der Waals surface area contributed by atoms with Crippen LogP contribution >= 0.6 is 0 Å². The summed E-state index contributed by atoms with van der Waals surface area (Å²) >= 11 is 0. The highest BCUT2D eigenvalue weighted by Gasteiger charge is 2.37. The lowest BCUT2D eigenvalue weighted by Gasteiger charge is -2.29. The van der Waals surface area contributed by atoms with Gasteiger partial charge in [-0.1, -0.05) is 31.2 Å². The molecule has 4 aromatic rings. The summed E-state index contributed by atoms with van der Waals surface area (Å²) in [5.74, 6) is 1.58. The summed E-state index contributed by atoms with van der Waals surface area (Å²) in [7, 11) is 0. The maximum Gasteiger partial charge on any atom is 0.435 e. The standard InChI is InChI=1S/C24H23F3N6O/c1-14(2)17-4-3-5-20-21(17)16(7-9-34-20)11-33-12-19(29-13-33)18-10-15(6-8-28-18)22-23(24(25,26)27)31-32-30-22/h3-6,8,10,12-14,16H,7,9,11H2,1-2H3,(H,30,31,32)/t16-/m1/s1. The Morgan fingerprint density at radius 3 is 2.82 bits per heavy atom. The number of H-pyrrole nitrogens is 1. The van der Waals surface area contributed by atoms with Crippen LogP contribution in [0.4, 0.5) is 13.2 Å². The SMILES string of the molecule is CC(C)c1cccc2c1[C@@H](Cn1cnc(-c3cc(-c4nn[nH]c4C(F)(F)F)ccn3)c1)CCO2. The number of hydrogen-bond donors (Lipinski definition) is 1. The van der Waals surface area contributed by atoms with E-state index in [2.05, 4.69) is 40.2 Å². The van der Waals surface area contributed by atoms with Gasteiger partial charge < -0.3 is 9.30 Å². The summed E-state index contributed by atoms with van der Waals surface area (Å²) < 4.78 is 47.7. The van der Waals surface area contributed by atoms with E-state index in [1.165, 1.54) is 23.4 Å². The third kappa shape index (κ3) is 4.15. The maximum absolute atomic E-state index is 13.2. The molecule has 3 aromatic heterocycles. The quantitative estimate of drug-likeness (QED) is 0.422. The molecule has 1 N–H and O–H groups in total. The molecule has 0 amide bonds. The van der Waals surface area contributed by atoms with Crippen LogP contribution < -0.4 is 4.74 Å². The monoisotopic (exact) mass is 468 g/mol. The molecule has 176 valence electrons. The lowest BCUT2D eigenvalue weighted by Crippen LogP contribution is -2.20. The number of benzene rings is 1. The number of aromatic amines is 1. The summed E-state index contributed by atoms with van der Waals surface area (Å²) in [5.41, 5.74) is 2.56. The van der Waals surface area contributed by atoms with Crippen molar-refractivity contribution in [2.75, 3.05) is 6.61 Å². The Morgan fingerprint density at radius 1 is 1.18 bits per heavy atom. The van der Waals surface area contributed by atoms with Gasteiger partial charge in [-0.05, 0) is 36.1 Å². The number of halogens is 3. The topological polar surface area (TPSA) is 81.5 Å². The van der Waals surface area contributed by atoms with Gasteiger partial charge in [0.05, 0.1) is 18.6 Å². The third-order valence-electron chi connectivity index (χ3n) is 6.05. The number of nitrogens with zero attached hydrogens (tertiary/aromatic N) is 5. The molecule has 0 spiro atoms. The Labute approximate surface area is 194 Å². The molecule has 4 heterocycles. The van der Waals surface area contributed by atoms with Gasteiger partial charge in [-0.15, -0.1) is 5.10 Å².